The Labute approximate surface area is 257 Å². The van der Waals surface area contributed by atoms with Crippen LogP contribution in [0.4, 0.5) is 17.1 Å². The first kappa shape index (κ1) is 25.8. The molecular formula is C42H30N2. The highest BCUT2D eigenvalue weighted by molar-refractivity contribution is 6.09. The molecule has 0 aliphatic rings. The van der Waals surface area contributed by atoms with Gasteiger partial charge in [0.05, 0.1) is 11.0 Å². The fraction of sp³-hybridized carbons (Fsp3) is 0. The van der Waals surface area contributed by atoms with Gasteiger partial charge in [0.2, 0.25) is 0 Å². The molecule has 8 rings (SSSR count). The third-order valence-electron chi connectivity index (χ3n) is 8.39. The van der Waals surface area contributed by atoms with Crippen LogP contribution in [0.25, 0.3) is 49.7 Å². The molecule has 0 amide bonds. The zero-order chi connectivity index (χ0) is 29.3. The summed E-state index contributed by atoms with van der Waals surface area (Å²) in [6, 6.07) is 65.0. The molecular weight excluding hydrogens is 532 g/mol. The topological polar surface area (TPSA) is 8.17 Å². The Bertz CT molecular complexity index is 2140. The number of anilines is 3. The van der Waals surface area contributed by atoms with Gasteiger partial charge in [0.15, 0.2) is 0 Å². The summed E-state index contributed by atoms with van der Waals surface area (Å²) in [4.78, 5) is 2.32. The Morgan fingerprint density at radius 2 is 0.773 bits per heavy atom. The fourth-order valence-corrected chi connectivity index (χ4v) is 6.29. The molecule has 0 atom stereocenters. The molecule has 0 fully saturated rings. The molecule has 0 saturated heterocycles. The maximum atomic E-state index is 2.36. The van der Waals surface area contributed by atoms with Crippen molar-refractivity contribution >= 4 is 38.9 Å². The molecule has 0 unspecified atom stereocenters. The molecule has 0 radical (unpaired) electrons. The predicted molar refractivity (Wildman–Crippen MR) is 186 cm³/mol. The van der Waals surface area contributed by atoms with Crippen LogP contribution < -0.4 is 4.90 Å². The van der Waals surface area contributed by atoms with Gasteiger partial charge in [-0.25, -0.2) is 0 Å². The highest BCUT2D eigenvalue weighted by Gasteiger charge is 2.15. The molecule has 0 aliphatic heterocycles. The number of rotatable bonds is 6. The van der Waals surface area contributed by atoms with E-state index in [0.29, 0.717) is 0 Å². The lowest BCUT2D eigenvalue weighted by Crippen LogP contribution is -2.09. The average Bonchev–Trinajstić information content (AvgIpc) is 3.44. The van der Waals surface area contributed by atoms with Crippen molar-refractivity contribution in [2.24, 2.45) is 0 Å². The van der Waals surface area contributed by atoms with Crippen LogP contribution in [0.1, 0.15) is 0 Å². The van der Waals surface area contributed by atoms with Gasteiger partial charge in [0, 0.05) is 33.5 Å². The summed E-state index contributed by atoms with van der Waals surface area (Å²) in [7, 11) is 0. The third kappa shape index (κ3) is 4.63. The molecule has 2 nitrogen and oxygen atoms in total. The van der Waals surface area contributed by atoms with Gasteiger partial charge in [-0.15, -0.1) is 0 Å². The number of nitrogens with zero attached hydrogens (tertiary/aromatic N) is 2. The highest BCUT2D eigenvalue weighted by atomic mass is 15.1. The largest absolute Gasteiger partial charge is 0.310 e. The molecule has 0 aliphatic carbocycles. The number of hydrogen-bond donors (Lipinski definition) is 0. The van der Waals surface area contributed by atoms with E-state index in [1.54, 1.807) is 0 Å². The van der Waals surface area contributed by atoms with Crippen LogP contribution in [0.2, 0.25) is 0 Å². The summed E-state index contributed by atoms with van der Waals surface area (Å²) >= 11 is 0. The van der Waals surface area contributed by atoms with Crippen molar-refractivity contribution in [3.63, 3.8) is 0 Å². The molecule has 1 aromatic heterocycles. The van der Waals surface area contributed by atoms with E-state index in [9.17, 15) is 0 Å². The Kier molecular flexibility index (Phi) is 6.51. The minimum atomic E-state index is 1.12. The Morgan fingerprint density at radius 3 is 1.43 bits per heavy atom. The van der Waals surface area contributed by atoms with E-state index < -0.39 is 0 Å². The van der Waals surface area contributed by atoms with Gasteiger partial charge >= 0.3 is 0 Å². The number of hydrogen-bond acceptors (Lipinski definition) is 1. The molecule has 2 heteroatoms. The summed E-state index contributed by atoms with van der Waals surface area (Å²) in [5.74, 6) is 0. The minimum Gasteiger partial charge on any atom is -0.310 e. The van der Waals surface area contributed by atoms with Crippen molar-refractivity contribution in [3.05, 3.63) is 182 Å². The van der Waals surface area contributed by atoms with Crippen molar-refractivity contribution in [2.45, 2.75) is 0 Å². The van der Waals surface area contributed by atoms with Gasteiger partial charge in [-0.2, -0.15) is 0 Å². The van der Waals surface area contributed by atoms with E-state index in [1.807, 2.05) is 0 Å². The predicted octanol–water partition coefficient (Wildman–Crippen LogP) is 11.6. The number of para-hydroxylation sites is 3. The lowest BCUT2D eigenvalue weighted by Gasteiger charge is -2.26. The monoisotopic (exact) mass is 562 g/mol. The minimum absolute atomic E-state index is 1.12. The van der Waals surface area contributed by atoms with Crippen LogP contribution in [0.3, 0.4) is 0 Å². The summed E-state index contributed by atoms with van der Waals surface area (Å²) < 4.78 is 2.36. The van der Waals surface area contributed by atoms with Crippen LogP contribution in [-0.4, -0.2) is 4.57 Å². The first-order valence-corrected chi connectivity index (χ1v) is 15.0. The summed E-state index contributed by atoms with van der Waals surface area (Å²) in [6.45, 7) is 0. The second-order valence-electron chi connectivity index (χ2n) is 11.1. The third-order valence-corrected chi connectivity index (χ3v) is 8.39. The number of aromatic nitrogens is 1. The molecule has 8 aromatic rings. The number of benzene rings is 7. The molecule has 0 saturated carbocycles. The van der Waals surface area contributed by atoms with Gasteiger partial charge in [0.1, 0.15) is 0 Å². The standard InChI is InChI=1S/C42H30N2/c1-3-12-31(13-4-1)32-22-26-36(27-23-32)43(35-15-5-2-6-16-35)38-17-11-14-34(30-38)33-24-28-37(29-25-33)44-41-20-9-7-18-39(41)40-19-8-10-21-42(40)44/h1-30H. The zero-order valence-electron chi connectivity index (χ0n) is 24.2. The van der Waals surface area contributed by atoms with E-state index in [2.05, 4.69) is 191 Å². The fourth-order valence-electron chi connectivity index (χ4n) is 6.29. The second-order valence-corrected chi connectivity index (χ2v) is 11.1. The van der Waals surface area contributed by atoms with E-state index in [4.69, 9.17) is 0 Å². The Hall–Kier alpha value is -5.86. The van der Waals surface area contributed by atoms with Gasteiger partial charge < -0.3 is 9.47 Å². The summed E-state index contributed by atoms with van der Waals surface area (Å²) in [6.07, 6.45) is 0. The summed E-state index contributed by atoms with van der Waals surface area (Å²) in [5, 5.41) is 2.55. The van der Waals surface area contributed by atoms with Gasteiger partial charge in [-0.1, -0.05) is 121 Å². The van der Waals surface area contributed by atoms with Crippen LogP contribution in [0.15, 0.2) is 182 Å². The maximum absolute atomic E-state index is 2.36. The average molecular weight is 563 g/mol. The van der Waals surface area contributed by atoms with E-state index in [0.717, 1.165) is 22.7 Å². The molecule has 0 N–H and O–H groups in total. The van der Waals surface area contributed by atoms with Crippen molar-refractivity contribution < 1.29 is 0 Å². The van der Waals surface area contributed by atoms with Gasteiger partial charge in [-0.05, 0) is 82.9 Å². The van der Waals surface area contributed by atoms with Crippen LogP contribution in [-0.2, 0) is 0 Å². The van der Waals surface area contributed by atoms with E-state index in [1.165, 1.54) is 44.1 Å². The molecule has 1 heterocycles. The van der Waals surface area contributed by atoms with Crippen molar-refractivity contribution in [2.75, 3.05) is 4.90 Å². The number of fused-ring (bicyclic) bond motifs is 3. The van der Waals surface area contributed by atoms with Gasteiger partial charge in [-0.3, -0.25) is 0 Å². The highest BCUT2D eigenvalue weighted by Crippen LogP contribution is 2.38. The lowest BCUT2D eigenvalue weighted by atomic mass is 10.0. The lowest BCUT2D eigenvalue weighted by molar-refractivity contribution is 1.18. The Morgan fingerprint density at radius 1 is 0.318 bits per heavy atom. The van der Waals surface area contributed by atoms with Crippen LogP contribution >= 0.6 is 0 Å². The Balaban J connectivity index is 1.17. The summed E-state index contributed by atoms with van der Waals surface area (Å²) in [5.41, 5.74) is 11.8. The first-order valence-electron chi connectivity index (χ1n) is 15.0. The van der Waals surface area contributed by atoms with Crippen molar-refractivity contribution in [3.8, 4) is 27.9 Å². The SMILES string of the molecule is c1ccc(-c2ccc(N(c3ccccc3)c3cccc(-c4ccc(-n5c6ccccc6c6ccccc65)cc4)c3)cc2)cc1. The van der Waals surface area contributed by atoms with Crippen LogP contribution in [0.5, 0.6) is 0 Å². The molecule has 44 heavy (non-hydrogen) atoms. The van der Waals surface area contributed by atoms with Gasteiger partial charge in [0.25, 0.3) is 0 Å². The first-order chi connectivity index (χ1) is 21.8. The molecule has 7 aromatic carbocycles. The molecule has 0 bridgehead atoms. The zero-order valence-corrected chi connectivity index (χ0v) is 24.2. The quantitative estimate of drug-likeness (QED) is 0.196. The second kappa shape index (κ2) is 11.1. The maximum Gasteiger partial charge on any atom is 0.0541 e. The van der Waals surface area contributed by atoms with Crippen LogP contribution in [0, 0.1) is 0 Å². The molecule has 0 spiro atoms. The van der Waals surface area contributed by atoms with Crippen molar-refractivity contribution in [1.82, 2.24) is 4.57 Å². The van der Waals surface area contributed by atoms with E-state index in [-0.39, 0.29) is 0 Å². The van der Waals surface area contributed by atoms with E-state index >= 15 is 0 Å². The molecule has 208 valence electrons. The normalized spacial score (nSPS) is 11.2. The van der Waals surface area contributed by atoms with Crippen molar-refractivity contribution in [1.29, 1.82) is 0 Å². The smallest absolute Gasteiger partial charge is 0.0541 e.